The lowest BCUT2D eigenvalue weighted by atomic mass is 9.33. The first-order chi connectivity index (χ1) is 48.2. The predicted octanol–water partition coefficient (Wildman–Crippen LogP) is 20.8. The Labute approximate surface area is 555 Å². The third kappa shape index (κ3) is 8.68. The molecule has 448 valence electrons. The Morgan fingerprint density at radius 1 is 0.355 bits per heavy atom. The first-order valence-electron chi connectivity index (χ1n) is 36.1. The molecular weight excluding hydrogens is 1130 g/mol. The number of rotatable bonds is 6. The quantitative estimate of drug-likeness (QED) is 0.156. The SMILES string of the molecule is [2H]c1c([2H])c([2H])c2c(c1[2H])c1c([2H])c([2H])c([2H])c([2H])c1n2-c1ccc2c(c1)N(c1ccc(C#N)c(-n3c4ccccc4c4ccccc43)c1)c1cc(C(C)(C)C)cc3c1B2c1ccc(-n2c4ccc(C(C)(C)C)cc4c4cc(C(C)(C)C)ccc42)cc1N3c1cc(C)cc(-c2ccccc2)c1. The van der Waals surface area contributed by atoms with Crippen LogP contribution >= 0.6 is 0 Å². The predicted molar refractivity (Wildman–Crippen MR) is 394 cm³/mol. The first kappa shape index (κ1) is 48.1. The second-order valence-corrected chi connectivity index (χ2v) is 28.5. The lowest BCUT2D eigenvalue weighted by molar-refractivity contribution is 0.590. The third-order valence-corrected chi connectivity index (χ3v) is 19.6. The van der Waals surface area contributed by atoms with E-state index in [0.717, 1.165) is 106 Å². The zero-order valence-electron chi connectivity index (χ0n) is 61.8. The Balaban J connectivity index is 1.01. The van der Waals surface area contributed by atoms with Crippen molar-refractivity contribution in [2.75, 3.05) is 9.80 Å². The normalized spacial score (nSPS) is 14.4. The molecule has 3 aromatic heterocycles. The molecule has 5 heterocycles. The molecular formula is C86H71BN6. The summed E-state index contributed by atoms with van der Waals surface area (Å²) in [5, 5.41) is 15.7. The number of nitrogens with zero attached hydrogens (tertiary/aromatic N) is 6. The highest BCUT2D eigenvalue weighted by Gasteiger charge is 2.45. The van der Waals surface area contributed by atoms with Gasteiger partial charge in [0.25, 0.3) is 6.71 Å². The maximum absolute atomic E-state index is 11.3. The van der Waals surface area contributed by atoms with Gasteiger partial charge in [0.15, 0.2) is 0 Å². The van der Waals surface area contributed by atoms with Crippen LogP contribution in [0, 0.1) is 18.3 Å². The molecule has 0 atom stereocenters. The van der Waals surface area contributed by atoms with Crippen LogP contribution in [-0.2, 0) is 16.2 Å². The minimum Gasteiger partial charge on any atom is -0.311 e. The van der Waals surface area contributed by atoms with Crippen molar-refractivity contribution in [2.24, 2.45) is 0 Å². The molecule has 0 spiro atoms. The van der Waals surface area contributed by atoms with E-state index in [4.69, 9.17) is 5.48 Å². The van der Waals surface area contributed by atoms with Crippen molar-refractivity contribution in [3.63, 3.8) is 0 Å². The van der Waals surface area contributed by atoms with Crippen LogP contribution in [-0.4, -0.2) is 20.4 Å². The third-order valence-electron chi connectivity index (χ3n) is 19.6. The van der Waals surface area contributed by atoms with Crippen molar-refractivity contribution < 1.29 is 11.0 Å². The summed E-state index contributed by atoms with van der Waals surface area (Å²) in [5.41, 5.74) is 21.0. The zero-order chi connectivity index (χ0) is 70.5. The van der Waals surface area contributed by atoms with Gasteiger partial charge in [-0.15, -0.1) is 0 Å². The number of hydrogen-bond acceptors (Lipinski definition) is 3. The lowest BCUT2D eigenvalue weighted by Crippen LogP contribution is -2.61. The summed E-state index contributed by atoms with van der Waals surface area (Å²) in [4.78, 5) is 4.75. The average molecular weight is 1210 g/mol. The molecule has 0 N–H and O–H groups in total. The minimum absolute atomic E-state index is 0.00324. The Morgan fingerprint density at radius 3 is 1.37 bits per heavy atom. The van der Waals surface area contributed by atoms with Crippen LogP contribution in [0.4, 0.5) is 34.1 Å². The molecule has 0 amide bonds. The van der Waals surface area contributed by atoms with Crippen molar-refractivity contribution in [2.45, 2.75) is 85.5 Å². The van der Waals surface area contributed by atoms with E-state index in [2.05, 4.69) is 240 Å². The molecule has 7 heteroatoms. The van der Waals surface area contributed by atoms with Gasteiger partial charge in [-0.25, -0.2) is 0 Å². The van der Waals surface area contributed by atoms with Crippen LogP contribution in [0.1, 0.15) is 101 Å². The summed E-state index contributed by atoms with van der Waals surface area (Å²) >= 11 is 0. The maximum atomic E-state index is 11.3. The molecule has 17 rings (SSSR count). The lowest BCUT2D eigenvalue weighted by Gasteiger charge is -2.45. The number of aryl methyl sites for hydroxylation is 1. The van der Waals surface area contributed by atoms with Crippen molar-refractivity contribution in [3.8, 4) is 34.3 Å². The minimum atomic E-state index is -0.509. The Hall–Kier alpha value is -10.8. The number of hydrogen-bond donors (Lipinski definition) is 0. The van der Waals surface area contributed by atoms with Crippen LogP contribution in [0.3, 0.4) is 0 Å². The molecule has 0 bridgehead atoms. The molecule has 6 nitrogen and oxygen atoms in total. The summed E-state index contributed by atoms with van der Waals surface area (Å²) in [6, 6.07) is 70.5. The number of aromatic nitrogens is 3. The second kappa shape index (κ2) is 20.3. The first-order valence-corrected chi connectivity index (χ1v) is 32.1. The number of para-hydroxylation sites is 4. The van der Waals surface area contributed by atoms with Gasteiger partial charge in [0.1, 0.15) is 6.07 Å². The van der Waals surface area contributed by atoms with E-state index in [-0.39, 0.29) is 44.7 Å². The molecule has 2 aliphatic heterocycles. The fraction of sp³-hybridized carbons (Fsp3) is 0.151. The monoisotopic (exact) mass is 1210 g/mol. The average Bonchev–Trinajstić information content (AvgIpc) is 1.68. The van der Waals surface area contributed by atoms with Crippen molar-refractivity contribution in [1.29, 1.82) is 5.26 Å². The number of benzene rings is 12. The van der Waals surface area contributed by atoms with Crippen LogP contribution < -0.4 is 26.2 Å². The fourth-order valence-electron chi connectivity index (χ4n) is 15.0. The van der Waals surface area contributed by atoms with E-state index in [1.807, 2.05) is 54.6 Å². The van der Waals surface area contributed by atoms with Gasteiger partial charge < -0.3 is 23.5 Å². The molecule has 0 unspecified atom stereocenters. The summed E-state index contributed by atoms with van der Waals surface area (Å²) in [6.45, 7) is 22.0. The molecule has 0 radical (unpaired) electrons. The molecule has 2 aliphatic rings. The molecule has 15 aromatic rings. The van der Waals surface area contributed by atoms with E-state index in [9.17, 15) is 10.7 Å². The van der Waals surface area contributed by atoms with Crippen molar-refractivity contribution >= 4 is 123 Å². The smallest absolute Gasteiger partial charge is 0.252 e. The van der Waals surface area contributed by atoms with Gasteiger partial charge in [0.2, 0.25) is 0 Å². The highest BCUT2D eigenvalue weighted by atomic mass is 15.2. The molecule has 0 fully saturated rings. The van der Waals surface area contributed by atoms with E-state index in [1.54, 1.807) is 4.57 Å². The highest BCUT2D eigenvalue weighted by Crippen LogP contribution is 2.50. The van der Waals surface area contributed by atoms with Crippen molar-refractivity contribution in [3.05, 3.63) is 276 Å². The van der Waals surface area contributed by atoms with Crippen LogP contribution in [0.25, 0.3) is 93.6 Å². The van der Waals surface area contributed by atoms with E-state index >= 15 is 0 Å². The van der Waals surface area contributed by atoms with E-state index < -0.39 is 48.4 Å². The molecule has 12 aromatic carbocycles. The number of nitriles is 1. The summed E-state index contributed by atoms with van der Waals surface area (Å²) < 4.78 is 80.6. The van der Waals surface area contributed by atoms with Crippen molar-refractivity contribution in [1.82, 2.24) is 13.7 Å². The Kier molecular flexibility index (Phi) is 10.5. The molecule has 0 saturated heterocycles. The van der Waals surface area contributed by atoms with Gasteiger partial charge in [0, 0.05) is 77.8 Å². The van der Waals surface area contributed by atoms with Gasteiger partial charge in [-0.2, -0.15) is 5.26 Å². The topological polar surface area (TPSA) is 45.1 Å². The van der Waals surface area contributed by atoms with Crippen LogP contribution in [0.5, 0.6) is 0 Å². The Morgan fingerprint density at radius 2 is 0.828 bits per heavy atom. The highest BCUT2D eigenvalue weighted by molar-refractivity contribution is 7.00. The fourth-order valence-corrected chi connectivity index (χ4v) is 15.0. The van der Waals surface area contributed by atoms with Gasteiger partial charge in [-0.05, 0) is 188 Å². The summed E-state index contributed by atoms with van der Waals surface area (Å²) in [6.07, 6.45) is 0. The summed E-state index contributed by atoms with van der Waals surface area (Å²) in [7, 11) is 0. The van der Waals surface area contributed by atoms with E-state index in [0.29, 0.717) is 22.6 Å². The van der Waals surface area contributed by atoms with Gasteiger partial charge in [0.05, 0.1) is 55.3 Å². The Bertz CT molecular complexity index is 5990. The summed E-state index contributed by atoms with van der Waals surface area (Å²) in [5.74, 6) is 0. The van der Waals surface area contributed by atoms with Gasteiger partial charge >= 0.3 is 0 Å². The molecule has 0 aliphatic carbocycles. The standard InChI is InChI=1S/C86H71BN6/c1-53-42-56(54-22-12-11-13-23-54)44-63(43-53)92-80-51-62(90-76-40-33-57(84(2,3)4)45-68(76)69-46-58(85(5,6)7)34-41-77(69)90)37-39-71(80)87-70-38-36-61(89-72-28-18-14-24-64(72)65-25-15-19-29-73(65)89)50-79(70)91(81-47-59(86(8,9)10)48-82(92)83(81)87)60-35-32-55(52-88)78(49-60)93-74-30-20-16-26-66(74)67-27-17-21-31-75(67)93/h11-51H,1-10H3/i14D,15D,18D,19D,24D,25D,28D,29D. The second-order valence-electron chi connectivity index (χ2n) is 28.5. The number of fused-ring (bicyclic) bond motifs is 13. The van der Waals surface area contributed by atoms with Crippen LogP contribution in [0.2, 0.25) is 0 Å². The zero-order valence-corrected chi connectivity index (χ0v) is 53.8. The largest absolute Gasteiger partial charge is 0.311 e. The van der Waals surface area contributed by atoms with Crippen LogP contribution in [0.15, 0.2) is 249 Å². The van der Waals surface area contributed by atoms with E-state index in [1.165, 1.54) is 21.9 Å². The maximum Gasteiger partial charge on any atom is 0.252 e. The van der Waals surface area contributed by atoms with Gasteiger partial charge in [-0.3, -0.25) is 0 Å². The molecule has 93 heavy (non-hydrogen) atoms. The molecule has 0 saturated carbocycles. The number of anilines is 6. The van der Waals surface area contributed by atoms with Gasteiger partial charge in [-0.1, -0.05) is 196 Å².